The van der Waals surface area contributed by atoms with Gasteiger partial charge in [-0.15, -0.1) is 0 Å². The van der Waals surface area contributed by atoms with E-state index in [9.17, 15) is 14.0 Å². The van der Waals surface area contributed by atoms with E-state index in [4.69, 9.17) is 0 Å². The summed E-state index contributed by atoms with van der Waals surface area (Å²) in [6.07, 6.45) is 4.34. The second kappa shape index (κ2) is 6.93. The second-order valence-corrected chi connectivity index (χ2v) is 7.08. The third-order valence-electron chi connectivity index (χ3n) is 5.00. The zero-order chi connectivity index (χ0) is 18.1. The van der Waals surface area contributed by atoms with Gasteiger partial charge in [-0.25, -0.2) is 18.7 Å². The molecule has 1 atom stereocenters. The number of halogens is 1. The Hall–Kier alpha value is -2.64. The lowest BCUT2D eigenvalue weighted by Gasteiger charge is -2.16. The van der Waals surface area contributed by atoms with E-state index in [1.807, 2.05) is 0 Å². The Morgan fingerprint density at radius 3 is 2.81 bits per heavy atom. The van der Waals surface area contributed by atoms with Crippen LogP contribution in [0, 0.1) is 11.7 Å². The van der Waals surface area contributed by atoms with Crippen LogP contribution in [0.25, 0.3) is 0 Å². The van der Waals surface area contributed by atoms with Gasteiger partial charge in [-0.3, -0.25) is 4.57 Å². The van der Waals surface area contributed by atoms with Crippen molar-refractivity contribution in [2.24, 2.45) is 5.92 Å². The van der Waals surface area contributed by atoms with Gasteiger partial charge in [0.15, 0.2) is 0 Å². The van der Waals surface area contributed by atoms with Crippen molar-refractivity contribution in [3.63, 3.8) is 0 Å². The highest BCUT2D eigenvalue weighted by molar-refractivity contribution is 5.89. The standard InChI is InChI=1S/C18H22FN5O2/c19-14-3-1-2-4-15(14)21-17(25)20-13-7-8-16-22-24(11-12-5-6-12)18(26)23(16)10-9-13/h1-4,12-13H,5-11H2,(H2,20,21,25). The molecule has 1 aromatic heterocycles. The molecule has 1 aliphatic heterocycles. The summed E-state index contributed by atoms with van der Waals surface area (Å²) in [5.74, 6) is 0.915. The summed E-state index contributed by atoms with van der Waals surface area (Å²) in [4.78, 5) is 24.6. The van der Waals surface area contributed by atoms with E-state index in [0.29, 0.717) is 38.3 Å². The smallest absolute Gasteiger partial charge is 0.335 e. The Bertz CT molecular complexity index is 871. The molecule has 1 unspecified atom stereocenters. The lowest BCUT2D eigenvalue weighted by molar-refractivity contribution is 0.246. The van der Waals surface area contributed by atoms with Gasteiger partial charge >= 0.3 is 11.7 Å². The Morgan fingerprint density at radius 2 is 2.04 bits per heavy atom. The predicted octanol–water partition coefficient (Wildman–Crippen LogP) is 2.12. The molecule has 2 N–H and O–H groups in total. The summed E-state index contributed by atoms with van der Waals surface area (Å²) < 4.78 is 16.9. The maximum absolute atomic E-state index is 13.6. The monoisotopic (exact) mass is 359 g/mol. The molecule has 0 spiro atoms. The van der Waals surface area contributed by atoms with Crippen molar-refractivity contribution in [1.29, 1.82) is 0 Å². The molecular formula is C18H22FN5O2. The molecule has 1 aromatic carbocycles. The molecule has 1 fully saturated rings. The van der Waals surface area contributed by atoms with Gasteiger partial charge in [-0.2, -0.15) is 5.10 Å². The average Bonchev–Trinajstić information content (AvgIpc) is 3.40. The first kappa shape index (κ1) is 16.8. The van der Waals surface area contributed by atoms with E-state index in [1.165, 1.54) is 25.0 Å². The minimum absolute atomic E-state index is 0.0524. The van der Waals surface area contributed by atoms with Gasteiger partial charge in [-0.1, -0.05) is 12.1 Å². The number of urea groups is 1. The van der Waals surface area contributed by atoms with Crippen molar-refractivity contribution in [3.05, 3.63) is 46.4 Å². The number of hydrogen-bond donors (Lipinski definition) is 2. The number of para-hydroxylation sites is 1. The number of aryl methyl sites for hydroxylation is 1. The van der Waals surface area contributed by atoms with Crippen LogP contribution < -0.4 is 16.3 Å². The van der Waals surface area contributed by atoms with Gasteiger partial charge in [0.05, 0.1) is 5.69 Å². The molecule has 26 heavy (non-hydrogen) atoms. The van der Waals surface area contributed by atoms with Gasteiger partial charge < -0.3 is 10.6 Å². The fraction of sp³-hybridized carbons (Fsp3) is 0.500. The van der Waals surface area contributed by atoms with Crippen LogP contribution in [-0.2, 0) is 19.5 Å². The van der Waals surface area contributed by atoms with Crippen molar-refractivity contribution < 1.29 is 9.18 Å². The number of carbonyl (C=O) groups excluding carboxylic acids is 1. The Labute approximate surface area is 150 Å². The Balaban J connectivity index is 1.36. The van der Waals surface area contributed by atoms with Gasteiger partial charge in [0, 0.05) is 25.6 Å². The lowest BCUT2D eigenvalue weighted by Crippen LogP contribution is -2.38. The summed E-state index contributed by atoms with van der Waals surface area (Å²) in [6, 6.07) is 5.52. The third-order valence-corrected chi connectivity index (χ3v) is 5.00. The molecule has 2 heterocycles. The molecule has 2 amide bonds. The molecule has 4 rings (SSSR count). The molecule has 8 heteroatoms. The van der Waals surface area contributed by atoms with Crippen LogP contribution in [0.5, 0.6) is 0 Å². The van der Waals surface area contributed by atoms with Crippen molar-refractivity contribution in [2.75, 3.05) is 5.32 Å². The molecule has 0 bridgehead atoms. The third kappa shape index (κ3) is 3.63. The second-order valence-electron chi connectivity index (χ2n) is 7.08. The summed E-state index contributed by atoms with van der Waals surface area (Å²) in [7, 11) is 0. The maximum Gasteiger partial charge on any atom is 0.345 e. The van der Waals surface area contributed by atoms with Gasteiger partial charge in [0.2, 0.25) is 0 Å². The van der Waals surface area contributed by atoms with Gasteiger partial charge in [0.1, 0.15) is 11.6 Å². The molecule has 138 valence electrons. The predicted molar refractivity (Wildman–Crippen MR) is 94.5 cm³/mol. The van der Waals surface area contributed by atoms with Crippen LogP contribution >= 0.6 is 0 Å². The van der Waals surface area contributed by atoms with E-state index in [2.05, 4.69) is 15.7 Å². The Morgan fingerprint density at radius 1 is 1.23 bits per heavy atom. The number of carbonyl (C=O) groups is 1. The normalized spacial score (nSPS) is 19.5. The van der Waals surface area contributed by atoms with E-state index < -0.39 is 11.8 Å². The number of benzene rings is 1. The first-order valence-corrected chi connectivity index (χ1v) is 9.08. The summed E-state index contributed by atoms with van der Waals surface area (Å²) in [6.45, 7) is 1.25. The van der Waals surface area contributed by atoms with E-state index in [1.54, 1.807) is 21.4 Å². The zero-order valence-corrected chi connectivity index (χ0v) is 14.4. The zero-order valence-electron chi connectivity index (χ0n) is 14.4. The summed E-state index contributed by atoms with van der Waals surface area (Å²) >= 11 is 0. The maximum atomic E-state index is 13.6. The molecule has 1 saturated carbocycles. The van der Waals surface area contributed by atoms with Crippen molar-refractivity contribution in [3.8, 4) is 0 Å². The van der Waals surface area contributed by atoms with E-state index >= 15 is 0 Å². The van der Waals surface area contributed by atoms with E-state index in [0.717, 1.165) is 5.82 Å². The van der Waals surface area contributed by atoms with Crippen LogP contribution in [0.1, 0.15) is 31.5 Å². The molecule has 1 aliphatic carbocycles. The highest BCUT2D eigenvalue weighted by atomic mass is 19.1. The number of hydrogen-bond acceptors (Lipinski definition) is 3. The highest BCUT2D eigenvalue weighted by Gasteiger charge is 2.26. The van der Waals surface area contributed by atoms with Crippen LogP contribution in [0.3, 0.4) is 0 Å². The van der Waals surface area contributed by atoms with Crippen LogP contribution in [-0.4, -0.2) is 26.4 Å². The van der Waals surface area contributed by atoms with Crippen molar-refractivity contribution in [1.82, 2.24) is 19.7 Å². The number of fused-ring (bicyclic) bond motifs is 1. The van der Waals surface area contributed by atoms with E-state index in [-0.39, 0.29) is 17.4 Å². The number of nitrogens with one attached hydrogen (secondary N) is 2. The molecule has 7 nitrogen and oxygen atoms in total. The number of rotatable bonds is 4. The molecule has 2 aromatic rings. The average molecular weight is 359 g/mol. The molecular weight excluding hydrogens is 337 g/mol. The quantitative estimate of drug-likeness (QED) is 0.877. The fourth-order valence-corrected chi connectivity index (χ4v) is 3.34. The van der Waals surface area contributed by atoms with Crippen LogP contribution in [0.4, 0.5) is 14.9 Å². The first-order valence-electron chi connectivity index (χ1n) is 9.08. The van der Waals surface area contributed by atoms with Crippen LogP contribution in [0.2, 0.25) is 0 Å². The number of nitrogens with zero attached hydrogens (tertiary/aromatic N) is 3. The molecule has 2 aliphatic rings. The largest absolute Gasteiger partial charge is 0.345 e. The van der Waals surface area contributed by atoms with Gasteiger partial charge in [0.25, 0.3) is 0 Å². The number of aromatic nitrogens is 3. The topological polar surface area (TPSA) is 81.0 Å². The first-order chi connectivity index (χ1) is 12.6. The number of amides is 2. The lowest BCUT2D eigenvalue weighted by atomic mass is 10.1. The molecule has 0 radical (unpaired) electrons. The van der Waals surface area contributed by atoms with Crippen molar-refractivity contribution >= 4 is 11.7 Å². The summed E-state index contributed by atoms with van der Waals surface area (Å²) in [5, 5.41) is 9.87. The fourth-order valence-electron chi connectivity index (χ4n) is 3.34. The minimum Gasteiger partial charge on any atom is -0.335 e. The van der Waals surface area contributed by atoms with Crippen LogP contribution in [0.15, 0.2) is 29.1 Å². The van der Waals surface area contributed by atoms with Gasteiger partial charge in [-0.05, 0) is 43.7 Å². The van der Waals surface area contributed by atoms with Crippen molar-refractivity contribution in [2.45, 2.75) is 51.2 Å². The SMILES string of the molecule is O=C(Nc1ccccc1F)NC1CCc2nn(CC3CC3)c(=O)n2CC1. The number of anilines is 1. The highest BCUT2D eigenvalue weighted by Crippen LogP contribution is 2.30. The Kier molecular flexibility index (Phi) is 4.48. The minimum atomic E-state index is -0.472. The molecule has 0 saturated heterocycles. The summed E-state index contributed by atoms with van der Waals surface area (Å²) in [5.41, 5.74) is 0.0953.